The summed E-state index contributed by atoms with van der Waals surface area (Å²) in [5.41, 5.74) is 1.48. The molecule has 0 bridgehead atoms. The number of nitrogens with zero attached hydrogens (tertiary/aromatic N) is 4. The van der Waals surface area contributed by atoms with Gasteiger partial charge in [0, 0.05) is 7.05 Å². The first kappa shape index (κ1) is 18.9. The van der Waals surface area contributed by atoms with Crippen LogP contribution in [-0.2, 0) is 13.7 Å². The SMILES string of the molecule is C[C@H](c1nc2ccccc2s1)[NH+](C)Cn1nc(-c2ccccc2F)n(C)c1=S. The van der Waals surface area contributed by atoms with Gasteiger partial charge in [-0.25, -0.2) is 9.37 Å². The second-order valence-electron chi connectivity index (χ2n) is 6.89. The van der Waals surface area contributed by atoms with Crippen molar-refractivity contribution in [3.05, 3.63) is 64.1 Å². The van der Waals surface area contributed by atoms with Crippen LogP contribution in [-0.4, -0.2) is 26.4 Å². The molecule has 2 aromatic heterocycles. The minimum atomic E-state index is -0.304. The Labute approximate surface area is 171 Å². The maximum absolute atomic E-state index is 14.2. The molecule has 0 amide bonds. The lowest BCUT2D eigenvalue weighted by molar-refractivity contribution is -0.933. The average Bonchev–Trinajstić information content (AvgIpc) is 3.24. The molecule has 0 fully saturated rings. The number of aromatic nitrogens is 4. The summed E-state index contributed by atoms with van der Waals surface area (Å²) in [4.78, 5) is 5.97. The van der Waals surface area contributed by atoms with Crippen molar-refractivity contribution < 1.29 is 9.29 Å². The highest BCUT2D eigenvalue weighted by molar-refractivity contribution is 7.71. The predicted molar refractivity (Wildman–Crippen MR) is 112 cm³/mol. The monoisotopic (exact) mass is 414 g/mol. The maximum atomic E-state index is 14.2. The van der Waals surface area contributed by atoms with Gasteiger partial charge in [0.2, 0.25) is 4.77 Å². The third-order valence-corrected chi connectivity index (χ3v) is 6.68. The van der Waals surface area contributed by atoms with Crippen LogP contribution in [0, 0.1) is 10.6 Å². The number of hydrogen-bond donors (Lipinski definition) is 1. The molecule has 0 aliphatic heterocycles. The Morgan fingerprint density at radius 3 is 2.64 bits per heavy atom. The summed E-state index contributed by atoms with van der Waals surface area (Å²) in [7, 11) is 3.91. The standard InChI is InChI=1S/C20H20FN5S2/c1-13(19-22-16-10-6-7-11-17(16)28-19)24(2)12-26-20(27)25(3)18(23-26)14-8-4-5-9-15(14)21/h4-11,13H,12H2,1-3H3/p+1/t13-/m1/s1. The fraction of sp³-hybridized carbons (Fsp3) is 0.250. The molecule has 5 nitrogen and oxygen atoms in total. The van der Waals surface area contributed by atoms with E-state index in [1.54, 1.807) is 38.8 Å². The molecule has 0 aliphatic carbocycles. The molecule has 28 heavy (non-hydrogen) atoms. The molecule has 144 valence electrons. The van der Waals surface area contributed by atoms with E-state index in [1.165, 1.54) is 15.7 Å². The van der Waals surface area contributed by atoms with Crippen molar-refractivity contribution in [2.75, 3.05) is 7.05 Å². The lowest BCUT2D eigenvalue weighted by Gasteiger charge is -2.19. The van der Waals surface area contributed by atoms with Gasteiger partial charge < -0.3 is 9.47 Å². The lowest BCUT2D eigenvalue weighted by Crippen LogP contribution is -3.08. The van der Waals surface area contributed by atoms with Crippen LogP contribution in [0.2, 0.25) is 0 Å². The molecule has 0 saturated carbocycles. The van der Waals surface area contributed by atoms with E-state index in [2.05, 4.69) is 25.1 Å². The van der Waals surface area contributed by atoms with E-state index in [9.17, 15) is 4.39 Å². The first-order valence-corrected chi connectivity index (χ1v) is 10.2. The highest BCUT2D eigenvalue weighted by Crippen LogP contribution is 2.25. The number of para-hydroxylation sites is 1. The van der Waals surface area contributed by atoms with Crippen molar-refractivity contribution in [3.63, 3.8) is 0 Å². The summed E-state index contributed by atoms with van der Waals surface area (Å²) in [6.07, 6.45) is 0. The second-order valence-corrected chi connectivity index (χ2v) is 8.32. The normalized spacial score (nSPS) is 13.7. The van der Waals surface area contributed by atoms with Gasteiger partial charge >= 0.3 is 0 Å². The molecular formula is C20H21FN5S2+. The Morgan fingerprint density at radius 2 is 1.89 bits per heavy atom. The molecule has 0 saturated heterocycles. The van der Waals surface area contributed by atoms with Crippen LogP contribution >= 0.6 is 23.6 Å². The molecule has 2 heterocycles. The van der Waals surface area contributed by atoms with Crippen LogP contribution in [0.4, 0.5) is 4.39 Å². The van der Waals surface area contributed by atoms with Crippen molar-refractivity contribution in [3.8, 4) is 11.4 Å². The Balaban J connectivity index is 1.61. The van der Waals surface area contributed by atoms with Crippen LogP contribution in [0.5, 0.6) is 0 Å². The van der Waals surface area contributed by atoms with Crippen molar-refractivity contribution in [2.45, 2.75) is 19.6 Å². The number of benzene rings is 2. The maximum Gasteiger partial charge on any atom is 0.202 e. The van der Waals surface area contributed by atoms with Crippen molar-refractivity contribution in [1.29, 1.82) is 0 Å². The van der Waals surface area contributed by atoms with Gasteiger partial charge in [0.1, 0.15) is 11.9 Å². The summed E-state index contributed by atoms with van der Waals surface area (Å²) >= 11 is 7.26. The van der Waals surface area contributed by atoms with Gasteiger partial charge in [-0.15, -0.1) is 16.4 Å². The van der Waals surface area contributed by atoms with Crippen molar-refractivity contribution in [1.82, 2.24) is 19.3 Å². The number of hydrogen-bond acceptors (Lipinski definition) is 4. The number of thiazole rings is 1. The summed E-state index contributed by atoms with van der Waals surface area (Å²) in [5.74, 6) is 0.227. The minimum absolute atomic E-state index is 0.179. The van der Waals surface area contributed by atoms with Gasteiger partial charge in [-0.1, -0.05) is 24.3 Å². The number of halogens is 1. The third-order valence-electron chi connectivity index (χ3n) is 4.97. The molecule has 1 N–H and O–H groups in total. The summed E-state index contributed by atoms with van der Waals surface area (Å²) in [5, 5.41) is 5.68. The van der Waals surface area contributed by atoms with E-state index >= 15 is 0 Å². The topological polar surface area (TPSA) is 40.1 Å². The number of nitrogens with one attached hydrogen (secondary N) is 1. The predicted octanol–water partition coefficient (Wildman–Crippen LogP) is 3.60. The third kappa shape index (κ3) is 3.39. The Kier molecular flexibility index (Phi) is 5.09. The van der Waals surface area contributed by atoms with Crippen LogP contribution in [0.1, 0.15) is 18.0 Å². The van der Waals surface area contributed by atoms with Crippen LogP contribution in [0.15, 0.2) is 48.5 Å². The van der Waals surface area contributed by atoms with E-state index in [0.29, 0.717) is 22.8 Å². The highest BCUT2D eigenvalue weighted by atomic mass is 32.1. The Morgan fingerprint density at radius 1 is 1.18 bits per heavy atom. The average molecular weight is 415 g/mol. The van der Waals surface area contributed by atoms with Crippen molar-refractivity contribution in [2.24, 2.45) is 7.05 Å². The fourth-order valence-electron chi connectivity index (χ4n) is 3.13. The first-order chi connectivity index (χ1) is 13.5. The zero-order chi connectivity index (χ0) is 19.8. The van der Waals surface area contributed by atoms with Gasteiger partial charge in [-0.05, 0) is 43.4 Å². The largest absolute Gasteiger partial charge is 0.311 e. The van der Waals surface area contributed by atoms with Gasteiger partial charge in [-0.2, -0.15) is 4.68 Å². The van der Waals surface area contributed by atoms with Gasteiger partial charge in [-0.3, -0.25) is 0 Å². The van der Waals surface area contributed by atoms with Crippen molar-refractivity contribution >= 4 is 33.8 Å². The lowest BCUT2D eigenvalue weighted by atomic mass is 10.2. The first-order valence-electron chi connectivity index (χ1n) is 9.02. The van der Waals surface area contributed by atoms with Crippen LogP contribution in [0.3, 0.4) is 0 Å². The van der Waals surface area contributed by atoms with Crippen LogP contribution < -0.4 is 4.90 Å². The summed E-state index contributed by atoms with van der Waals surface area (Å²) in [6, 6.07) is 15.0. The van der Waals surface area contributed by atoms with Gasteiger partial charge in [0.25, 0.3) is 0 Å². The van der Waals surface area contributed by atoms with E-state index in [0.717, 1.165) is 10.5 Å². The zero-order valence-corrected chi connectivity index (χ0v) is 17.5. The minimum Gasteiger partial charge on any atom is -0.311 e. The van der Waals surface area contributed by atoms with Crippen LogP contribution in [0.25, 0.3) is 21.6 Å². The molecule has 1 unspecified atom stereocenters. The molecule has 2 aromatic carbocycles. The molecule has 0 aliphatic rings. The molecule has 2 atom stereocenters. The molecule has 4 rings (SSSR count). The van der Waals surface area contributed by atoms with E-state index in [1.807, 2.05) is 25.2 Å². The molecule has 0 spiro atoms. The smallest absolute Gasteiger partial charge is 0.202 e. The number of fused-ring (bicyclic) bond motifs is 1. The molecular weight excluding hydrogens is 393 g/mol. The summed E-state index contributed by atoms with van der Waals surface area (Å²) < 4.78 is 19.5. The molecule has 8 heteroatoms. The zero-order valence-electron chi connectivity index (χ0n) is 15.9. The Hall–Kier alpha value is -2.42. The van der Waals surface area contributed by atoms with E-state index in [-0.39, 0.29) is 11.9 Å². The van der Waals surface area contributed by atoms with Gasteiger partial charge in [0.05, 0.1) is 22.8 Å². The quantitative estimate of drug-likeness (QED) is 0.507. The second kappa shape index (κ2) is 7.54. The Bertz CT molecular complexity index is 1160. The molecule has 4 aromatic rings. The fourth-order valence-corrected chi connectivity index (χ4v) is 4.43. The van der Waals surface area contributed by atoms with E-state index in [4.69, 9.17) is 17.2 Å². The van der Waals surface area contributed by atoms with E-state index < -0.39 is 0 Å². The number of rotatable bonds is 5. The number of quaternary nitrogens is 1. The molecule has 0 radical (unpaired) electrons. The highest BCUT2D eigenvalue weighted by Gasteiger charge is 2.22. The summed E-state index contributed by atoms with van der Waals surface area (Å²) in [6.45, 7) is 2.72. The van der Waals surface area contributed by atoms with Gasteiger partial charge in [0.15, 0.2) is 17.5 Å².